The summed E-state index contributed by atoms with van der Waals surface area (Å²) in [6.45, 7) is 8.94. The quantitative estimate of drug-likeness (QED) is 0.807. The van der Waals surface area contributed by atoms with Gasteiger partial charge in [0.15, 0.2) is 0 Å². The maximum atomic E-state index is 5.15. The zero-order valence-electron chi connectivity index (χ0n) is 10.8. The molecule has 0 aliphatic carbocycles. The lowest BCUT2D eigenvalue weighted by atomic mass is 10.1. The van der Waals surface area contributed by atoms with Gasteiger partial charge in [-0.3, -0.25) is 0 Å². The molecule has 0 aliphatic rings. The van der Waals surface area contributed by atoms with Crippen LogP contribution in [0.5, 0.6) is 5.75 Å². The van der Waals surface area contributed by atoms with E-state index in [4.69, 9.17) is 4.74 Å². The zero-order valence-corrected chi connectivity index (χ0v) is 11.8. The number of benzene rings is 1. The van der Waals surface area contributed by atoms with Crippen molar-refractivity contribution in [2.24, 2.45) is 0 Å². The summed E-state index contributed by atoms with van der Waals surface area (Å²) >= 11 is 0. The molecule has 0 aromatic heterocycles. The topological polar surface area (TPSA) is 21.3 Å². The minimum Gasteiger partial charge on any atom is -0.497 e. The van der Waals surface area contributed by atoms with Crippen LogP contribution in [0.25, 0.3) is 5.70 Å². The van der Waals surface area contributed by atoms with Crippen molar-refractivity contribution in [1.29, 1.82) is 0 Å². The molecule has 0 amide bonds. The first kappa shape index (κ1) is 12.8. The van der Waals surface area contributed by atoms with Crippen LogP contribution >= 0.6 is 0 Å². The molecule has 0 fully saturated rings. The molecular weight excluding hydrogens is 214 g/mol. The van der Waals surface area contributed by atoms with Crippen molar-refractivity contribution in [2.45, 2.75) is 26.6 Å². The average molecular weight is 235 g/mol. The Bertz CT molecular complexity index is 363. The van der Waals surface area contributed by atoms with Crippen LogP contribution < -0.4 is 9.72 Å². The molecule has 1 aromatic rings. The van der Waals surface area contributed by atoms with Crippen LogP contribution in [0.3, 0.4) is 0 Å². The Morgan fingerprint density at radius 2 is 1.75 bits per heavy atom. The van der Waals surface area contributed by atoms with Gasteiger partial charge >= 0.3 is 0 Å². The normalized spacial score (nSPS) is 12.4. The van der Waals surface area contributed by atoms with E-state index in [-0.39, 0.29) is 0 Å². The van der Waals surface area contributed by atoms with Gasteiger partial charge in [0, 0.05) is 5.70 Å². The van der Waals surface area contributed by atoms with Crippen molar-refractivity contribution in [3.8, 4) is 5.75 Å². The van der Waals surface area contributed by atoms with Crippen molar-refractivity contribution in [3.63, 3.8) is 0 Å². The number of ether oxygens (including phenoxy) is 1. The van der Waals surface area contributed by atoms with E-state index in [1.807, 2.05) is 12.1 Å². The largest absolute Gasteiger partial charge is 0.497 e. The highest BCUT2D eigenvalue weighted by molar-refractivity contribution is 6.74. The first-order chi connectivity index (χ1) is 7.46. The van der Waals surface area contributed by atoms with Crippen molar-refractivity contribution in [2.75, 3.05) is 7.11 Å². The Morgan fingerprint density at radius 1 is 1.19 bits per heavy atom. The predicted molar refractivity (Wildman–Crippen MR) is 73.1 cm³/mol. The van der Waals surface area contributed by atoms with Crippen LogP contribution in [-0.2, 0) is 0 Å². The second-order valence-corrected chi connectivity index (χ2v) is 9.56. The Balaban J connectivity index is 2.88. The number of allylic oxidation sites excluding steroid dienone is 1. The van der Waals surface area contributed by atoms with Gasteiger partial charge in [-0.1, -0.05) is 25.7 Å². The van der Waals surface area contributed by atoms with Gasteiger partial charge in [-0.15, -0.1) is 0 Å². The van der Waals surface area contributed by atoms with Gasteiger partial charge in [-0.05, 0) is 36.8 Å². The Kier molecular flexibility index (Phi) is 4.18. The molecule has 1 N–H and O–H groups in total. The minimum absolute atomic E-state index is 0.896. The lowest BCUT2D eigenvalue weighted by Gasteiger charge is -2.22. The van der Waals surface area contributed by atoms with E-state index in [1.54, 1.807) is 7.11 Å². The van der Waals surface area contributed by atoms with Crippen LogP contribution in [0.1, 0.15) is 12.5 Å². The molecule has 0 heterocycles. The highest BCUT2D eigenvalue weighted by atomic mass is 28.3. The van der Waals surface area contributed by atoms with Crippen molar-refractivity contribution >= 4 is 13.9 Å². The van der Waals surface area contributed by atoms with Gasteiger partial charge in [-0.25, -0.2) is 0 Å². The van der Waals surface area contributed by atoms with Gasteiger partial charge < -0.3 is 9.72 Å². The molecule has 1 rings (SSSR count). The van der Waals surface area contributed by atoms with Crippen molar-refractivity contribution in [1.82, 2.24) is 4.98 Å². The molecule has 3 heteroatoms. The smallest absolute Gasteiger partial charge is 0.144 e. The maximum absolute atomic E-state index is 5.15. The first-order valence-electron chi connectivity index (χ1n) is 5.55. The third-order valence-corrected chi connectivity index (χ3v) is 3.22. The van der Waals surface area contributed by atoms with E-state index in [9.17, 15) is 0 Å². The molecule has 1 aromatic carbocycles. The predicted octanol–water partition coefficient (Wildman–Crippen LogP) is 3.48. The molecule has 0 aliphatic heterocycles. The number of hydrogen-bond donors (Lipinski definition) is 1. The molecule has 0 saturated carbocycles. The second kappa shape index (κ2) is 5.21. The summed E-state index contributed by atoms with van der Waals surface area (Å²) in [6.07, 6.45) is 2.13. The van der Waals surface area contributed by atoms with Crippen LogP contribution in [0, 0.1) is 0 Å². The number of hydrogen-bond acceptors (Lipinski definition) is 2. The fourth-order valence-electron chi connectivity index (χ4n) is 1.49. The summed E-state index contributed by atoms with van der Waals surface area (Å²) in [5.74, 6) is 0.896. The van der Waals surface area contributed by atoms with Gasteiger partial charge in [0.05, 0.1) is 7.11 Å². The Labute approximate surface area is 99.4 Å². The molecule has 0 unspecified atom stereocenters. The fourth-order valence-corrected chi connectivity index (χ4v) is 2.58. The van der Waals surface area contributed by atoms with Gasteiger partial charge in [0.1, 0.15) is 14.0 Å². The average Bonchev–Trinajstić information content (AvgIpc) is 2.25. The summed E-state index contributed by atoms with van der Waals surface area (Å²) in [5.41, 5.74) is 2.42. The third kappa shape index (κ3) is 3.74. The van der Waals surface area contributed by atoms with Crippen molar-refractivity contribution < 1.29 is 4.74 Å². The van der Waals surface area contributed by atoms with Gasteiger partial charge in [0.25, 0.3) is 0 Å². The lowest BCUT2D eigenvalue weighted by Crippen LogP contribution is -2.39. The maximum Gasteiger partial charge on any atom is 0.144 e. The zero-order chi connectivity index (χ0) is 12.2. The molecule has 0 atom stereocenters. The Morgan fingerprint density at radius 3 is 2.12 bits per heavy atom. The van der Waals surface area contributed by atoms with E-state index >= 15 is 0 Å². The number of rotatable bonds is 4. The Hall–Kier alpha value is -1.22. The second-order valence-electron chi connectivity index (χ2n) is 4.81. The van der Waals surface area contributed by atoms with Gasteiger partial charge in [-0.2, -0.15) is 0 Å². The molecule has 0 radical (unpaired) electrons. The summed E-state index contributed by atoms with van der Waals surface area (Å²) in [5, 5.41) is 0. The van der Waals surface area contributed by atoms with Crippen LogP contribution in [0.4, 0.5) is 0 Å². The van der Waals surface area contributed by atoms with Crippen LogP contribution in [0.2, 0.25) is 19.6 Å². The molecule has 0 bridgehead atoms. The molecule has 2 nitrogen and oxygen atoms in total. The SMILES string of the molecule is C/C=C(\N[Si](C)(C)C)c1ccc(OC)cc1. The number of nitrogens with one attached hydrogen (secondary N) is 1. The fraction of sp³-hybridized carbons (Fsp3) is 0.385. The monoisotopic (exact) mass is 235 g/mol. The van der Waals surface area contributed by atoms with E-state index in [1.165, 1.54) is 11.3 Å². The van der Waals surface area contributed by atoms with E-state index in [0.29, 0.717) is 0 Å². The highest BCUT2D eigenvalue weighted by Crippen LogP contribution is 2.18. The molecule has 0 saturated heterocycles. The molecular formula is C13H21NOSi. The molecule has 16 heavy (non-hydrogen) atoms. The first-order valence-corrected chi connectivity index (χ1v) is 9.05. The summed E-state index contributed by atoms with van der Waals surface area (Å²) in [7, 11) is 0.391. The van der Waals surface area contributed by atoms with Crippen LogP contribution in [-0.4, -0.2) is 15.3 Å². The van der Waals surface area contributed by atoms with E-state index in [0.717, 1.165) is 5.75 Å². The standard InChI is InChI=1S/C13H21NOSi/c1-6-13(14-16(3,4)5)11-7-9-12(15-2)10-8-11/h6-10,14H,1-5H3/b13-6-. The number of methoxy groups -OCH3 is 1. The lowest BCUT2D eigenvalue weighted by molar-refractivity contribution is 0.415. The van der Waals surface area contributed by atoms with Crippen molar-refractivity contribution in [3.05, 3.63) is 35.9 Å². The summed E-state index contributed by atoms with van der Waals surface area (Å²) in [4.78, 5) is 3.62. The van der Waals surface area contributed by atoms with Gasteiger partial charge in [0.2, 0.25) is 0 Å². The minimum atomic E-state index is -1.30. The molecule has 0 spiro atoms. The highest BCUT2D eigenvalue weighted by Gasteiger charge is 2.14. The molecule has 88 valence electrons. The summed E-state index contributed by atoms with van der Waals surface area (Å²) < 4.78 is 5.15. The van der Waals surface area contributed by atoms with E-state index < -0.39 is 8.24 Å². The summed E-state index contributed by atoms with van der Waals surface area (Å²) in [6, 6.07) is 8.15. The van der Waals surface area contributed by atoms with E-state index in [2.05, 4.69) is 49.8 Å². The van der Waals surface area contributed by atoms with Crippen LogP contribution in [0.15, 0.2) is 30.3 Å². The third-order valence-electron chi connectivity index (χ3n) is 2.20.